The molecular formula is C19H20N2O4. The molecule has 1 atom stereocenters. The summed E-state index contributed by atoms with van der Waals surface area (Å²) in [5.74, 6) is 0.164. The van der Waals surface area contributed by atoms with E-state index in [9.17, 15) is 15.0 Å². The number of ether oxygens (including phenoxy) is 1. The number of hydrogen-bond acceptors (Lipinski definition) is 4. The van der Waals surface area contributed by atoms with E-state index >= 15 is 0 Å². The molecule has 0 aliphatic rings. The summed E-state index contributed by atoms with van der Waals surface area (Å²) in [5, 5.41) is 22.9. The maximum atomic E-state index is 11.9. The van der Waals surface area contributed by atoms with Crippen molar-refractivity contribution in [2.24, 2.45) is 0 Å². The van der Waals surface area contributed by atoms with Crippen LogP contribution in [0.15, 0.2) is 54.7 Å². The fourth-order valence-corrected chi connectivity index (χ4v) is 2.75. The predicted octanol–water partition coefficient (Wildman–Crippen LogP) is 2.70. The minimum atomic E-state index is -0.591. The number of fused-ring (bicyclic) bond motifs is 1. The highest BCUT2D eigenvalue weighted by atomic mass is 16.5. The molecule has 3 rings (SSSR count). The number of alkyl carbamates (subject to hydrolysis) is 1. The first-order valence-electron chi connectivity index (χ1n) is 8.03. The van der Waals surface area contributed by atoms with Gasteiger partial charge in [-0.15, -0.1) is 0 Å². The van der Waals surface area contributed by atoms with E-state index in [2.05, 4.69) is 10.3 Å². The number of phenols is 1. The molecule has 25 heavy (non-hydrogen) atoms. The molecule has 130 valence electrons. The molecule has 1 aromatic heterocycles. The summed E-state index contributed by atoms with van der Waals surface area (Å²) in [6.45, 7) is -0.0700. The van der Waals surface area contributed by atoms with Crippen molar-refractivity contribution in [1.82, 2.24) is 10.3 Å². The molecule has 0 bridgehead atoms. The highest BCUT2D eigenvalue weighted by molar-refractivity contribution is 5.89. The molecule has 0 spiro atoms. The van der Waals surface area contributed by atoms with E-state index in [1.54, 1.807) is 18.3 Å². The van der Waals surface area contributed by atoms with E-state index < -0.39 is 12.1 Å². The minimum Gasteiger partial charge on any atom is -0.507 e. The van der Waals surface area contributed by atoms with Crippen molar-refractivity contribution in [3.05, 3.63) is 65.9 Å². The SMILES string of the molecule is O=C(NC(CO)Cc1c[nH]c2cccc(O)c12)OCc1ccccc1. The Morgan fingerprint density at radius 2 is 1.96 bits per heavy atom. The molecule has 3 aromatic rings. The topological polar surface area (TPSA) is 94.6 Å². The lowest BCUT2D eigenvalue weighted by atomic mass is 10.0. The monoisotopic (exact) mass is 340 g/mol. The number of phenolic OH excluding ortho intramolecular Hbond substituents is 1. The fourth-order valence-electron chi connectivity index (χ4n) is 2.75. The third kappa shape index (κ3) is 4.10. The summed E-state index contributed by atoms with van der Waals surface area (Å²) >= 11 is 0. The Kier molecular flexibility index (Phi) is 5.20. The van der Waals surface area contributed by atoms with Crippen LogP contribution in [0.4, 0.5) is 4.79 Å². The number of aromatic nitrogens is 1. The molecule has 0 aliphatic heterocycles. The van der Waals surface area contributed by atoms with Crippen LogP contribution in [0.5, 0.6) is 5.75 Å². The van der Waals surface area contributed by atoms with Gasteiger partial charge in [0.15, 0.2) is 0 Å². The van der Waals surface area contributed by atoms with E-state index in [0.29, 0.717) is 11.8 Å². The number of H-pyrrole nitrogens is 1. The average molecular weight is 340 g/mol. The molecule has 2 aromatic carbocycles. The van der Waals surface area contributed by atoms with E-state index in [1.165, 1.54) is 0 Å². The molecule has 0 radical (unpaired) electrons. The van der Waals surface area contributed by atoms with Gasteiger partial charge in [-0.2, -0.15) is 0 Å². The first-order valence-corrected chi connectivity index (χ1v) is 8.03. The number of aromatic amines is 1. The Hall–Kier alpha value is -2.99. The van der Waals surface area contributed by atoms with Gasteiger partial charge in [0.1, 0.15) is 12.4 Å². The molecule has 0 fully saturated rings. The first-order chi connectivity index (χ1) is 12.2. The van der Waals surface area contributed by atoms with Crippen molar-refractivity contribution in [1.29, 1.82) is 0 Å². The lowest BCUT2D eigenvalue weighted by Gasteiger charge is -2.16. The summed E-state index contributed by atoms with van der Waals surface area (Å²) in [4.78, 5) is 15.0. The molecule has 0 saturated carbocycles. The third-order valence-corrected chi connectivity index (χ3v) is 3.99. The average Bonchev–Trinajstić information content (AvgIpc) is 3.04. The van der Waals surface area contributed by atoms with Crippen LogP contribution < -0.4 is 5.32 Å². The Morgan fingerprint density at radius 3 is 2.72 bits per heavy atom. The predicted molar refractivity (Wildman–Crippen MR) is 94.3 cm³/mol. The number of amides is 1. The van der Waals surface area contributed by atoms with Gasteiger partial charge >= 0.3 is 6.09 Å². The van der Waals surface area contributed by atoms with Crippen molar-refractivity contribution in [3.8, 4) is 5.75 Å². The molecule has 4 N–H and O–H groups in total. The normalized spacial score (nSPS) is 12.0. The fraction of sp³-hybridized carbons (Fsp3) is 0.211. The van der Waals surface area contributed by atoms with Crippen LogP contribution in [0.25, 0.3) is 10.9 Å². The molecule has 0 aliphatic carbocycles. The zero-order valence-corrected chi connectivity index (χ0v) is 13.6. The van der Waals surface area contributed by atoms with Crippen molar-refractivity contribution >= 4 is 17.0 Å². The van der Waals surface area contributed by atoms with Gasteiger partial charge in [-0.25, -0.2) is 4.79 Å². The van der Waals surface area contributed by atoms with Crippen LogP contribution in [0, 0.1) is 0 Å². The highest BCUT2D eigenvalue weighted by Crippen LogP contribution is 2.28. The van der Waals surface area contributed by atoms with Crippen LogP contribution in [0.1, 0.15) is 11.1 Å². The Morgan fingerprint density at radius 1 is 1.16 bits per heavy atom. The molecule has 0 saturated heterocycles. The summed E-state index contributed by atoms with van der Waals surface area (Å²) < 4.78 is 5.17. The van der Waals surface area contributed by atoms with E-state index in [4.69, 9.17) is 4.74 Å². The molecule has 1 unspecified atom stereocenters. The van der Waals surface area contributed by atoms with Gasteiger partial charge in [-0.05, 0) is 29.7 Å². The standard InChI is InChI=1S/C19H20N2O4/c22-11-15(21-19(24)25-12-13-5-2-1-3-6-13)9-14-10-20-16-7-4-8-17(23)18(14)16/h1-8,10,15,20,22-23H,9,11-12H2,(H,21,24). The maximum absolute atomic E-state index is 11.9. The number of benzene rings is 2. The van der Waals surface area contributed by atoms with E-state index in [1.807, 2.05) is 36.4 Å². The smallest absolute Gasteiger partial charge is 0.407 e. The zero-order chi connectivity index (χ0) is 17.6. The van der Waals surface area contributed by atoms with Crippen LogP contribution in [-0.2, 0) is 17.8 Å². The Bertz CT molecular complexity index is 845. The quantitative estimate of drug-likeness (QED) is 0.555. The van der Waals surface area contributed by atoms with Gasteiger partial charge in [0.05, 0.1) is 12.6 Å². The lowest BCUT2D eigenvalue weighted by Crippen LogP contribution is -2.39. The zero-order valence-electron chi connectivity index (χ0n) is 13.6. The molecule has 6 nitrogen and oxygen atoms in total. The van der Waals surface area contributed by atoms with Gasteiger partial charge in [-0.1, -0.05) is 36.4 Å². The van der Waals surface area contributed by atoms with Crippen molar-refractivity contribution < 1.29 is 19.7 Å². The number of carbonyl (C=O) groups is 1. The Balaban J connectivity index is 1.61. The van der Waals surface area contributed by atoms with Gasteiger partial charge in [0, 0.05) is 17.1 Å². The second-order valence-corrected chi connectivity index (χ2v) is 5.80. The summed E-state index contributed by atoms with van der Waals surface area (Å²) in [5.41, 5.74) is 2.51. The minimum absolute atomic E-state index is 0.164. The number of carbonyl (C=O) groups excluding carboxylic acids is 1. The van der Waals surface area contributed by atoms with Gasteiger partial charge in [-0.3, -0.25) is 0 Å². The van der Waals surface area contributed by atoms with E-state index in [0.717, 1.165) is 16.6 Å². The number of aliphatic hydroxyl groups excluding tert-OH is 1. The molecule has 6 heteroatoms. The van der Waals surface area contributed by atoms with Gasteiger partial charge in [0.25, 0.3) is 0 Å². The number of aliphatic hydroxyl groups is 1. The van der Waals surface area contributed by atoms with Crippen LogP contribution in [0.3, 0.4) is 0 Å². The molecule has 1 amide bonds. The van der Waals surface area contributed by atoms with Gasteiger partial charge in [0.2, 0.25) is 0 Å². The summed E-state index contributed by atoms with van der Waals surface area (Å²) in [6.07, 6.45) is 1.55. The summed E-state index contributed by atoms with van der Waals surface area (Å²) in [6, 6.07) is 14.1. The van der Waals surface area contributed by atoms with Crippen molar-refractivity contribution in [2.75, 3.05) is 6.61 Å². The summed E-state index contributed by atoms with van der Waals surface area (Å²) in [7, 11) is 0. The highest BCUT2D eigenvalue weighted by Gasteiger charge is 2.16. The maximum Gasteiger partial charge on any atom is 0.407 e. The third-order valence-electron chi connectivity index (χ3n) is 3.99. The largest absolute Gasteiger partial charge is 0.507 e. The Labute approximate surface area is 145 Å². The van der Waals surface area contributed by atoms with Crippen LogP contribution in [-0.4, -0.2) is 33.9 Å². The second kappa shape index (κ2) is 7.72. The number of rotatable bonds is 6. The van der Waals surface area contributed by atoms with Crippen molar-refractivity contribution in [3.63, 3.8) is 0 Å². The molecular weight excluding hydrogens is 320 g/mol. The van der Waals surface area contributed by atoms with Gasteiger partial charge < -0.3 is 25.3 Å². The number of hydrogen-bond donors (Lipinski definition) is 4. The lowest BCUT2D eigenvalue weighted by molar-refractivity contribution is 0.129. The van der Waals surface area contributed by atoms with Crippen LogP contribution in [0.2, 0.25) is 0 Å². The van der Waals surface area contributed by atoms with E-state index in [-0.39, 0.29) is 19.0 Å². The van der Waals surface area contributed by atoms with Crippen molar-refractivity contribution in [2.45, 2.75) is 19.1 Å². The second-order valence-electron chi connectivity index (χ2n) is 5.80. The number of aromatic hydroxyl groups is 1. The van der Waals surface area contributed by atoms with Crippen LogP contribution >= 0.6 is 0 Å². The number of nitrogens with one attached hydrogen (secondary N) is 2. The molecule has 1 heterocycles. The first kappa shape index (κ1) is 16.9.